The van der Waals surface area contributed by atoms with Gasteiger partial charge in [-0.2, -0.15) is 5.26 Å². The van der Waals surface area contributed by atoms with Crippen molar-refractivity contribution in [3.63, 3.8) is 0 Å². The van der Waals surface area contributed by atoms with Crippen molar-refractivity contribution in [2.24, 2.45) is 0 Å². The minimum Gasteiger partial charge on any atom is -0.462 e. The lowest BCUT2D eigenvalue weighted by atomic mass is 9.96. The quantitative estimate of drug-likeness (QED) is 0.866. The molecule has 0 amide bonds. The highest BCUT2D eigenvalue weighted by Gasteiger charge is 2.23. The van der Waals surface area contributed by atoms with Gasteiger partial charge in [-0.05, 0) is 19.9 Å². The van der Waals surface area contributed by atoms with Crippen molar-refractivity contribution in [2.45, 2.75) is 13.8 Å². The van der Waals surface area contributed by atoms with Gasteiger partial charge in [-0.25, -0.2) is 4.79 Å². The summed E-state index contributed by atoms with van der Waals surface area (Å²) in [5.74, 6) is -0.582. The van der Waals surface area contributed by atoms with E-state index in [4.69, 9.17) is 4.74 Å². The van der Waals surface area contributed by atoms with E-state index in [1.165, 1.54) is 6.20 Å². The average molecular weight is 283 g/mol. The van der Waals surface area contributed by atoms with Crippen LogP contribution in [0.25, 0.3) is 11.1 Å². The number of aromatic amines is 1. The van der Waals surface area contributed by atoms with E-state index in [1.807, 2.05) is 6.07 Å². The van der Waals surface area contributed by atoms with E-state index in [2.05, 4.69) is 9.97 Å². The minimum atomic E-state index is -0.582. The Morgan fingerprint density at radius 3 is 2.86 bits per heavy atom. The molecule has 0 aliphatic carbocycles. The summed E-state index contributed by atoms with van der Waals surface area (Å²) < 4.78 is 5.02. The van der Waals surface area contributed by atoms with Crippen molar-refractivity contribution in [2.75, 3.05) is 6.61 Å². The number of nitrogens with zero attached hydrogens (tertiary/aromatic N) is 2. The molecule has 21 heavy (non-hydrogen) atoms. The predicted octanol–water partition coefficient (Wildman–Crippen LogP) is 1.79. The molecule has 0 radical (unpaired) electrons. The third kappa shape index (κ3) is 2.67. The smallest absolute Gasteiger partial charge is 0.340 e. The number of nitrogens with one attached hydrogen (secondary N) is 1. The zero-order valence-electron chi connectivity index (χ0n) is 11.6. The lowest BCUT2D eigenvalue weighted by molar-refractivity contribution is 0.0526. The van der Waals surface area contributed by atoms with Gasteiger partial charge in [0, 0.05) is 29.2 Å². The predicted molar refractivity (Wildman–Crippen MR) is 75.7 cm³/mol. The Morgan fingerprint density at radius 1 is 1.52 bits per heavy atom. The van der Waals surface area contributed by atoms with Crippen molar-refractivity contribution in [3.8, 4) is 17.2 Å². The maximum absolute atomic E-state index is 12.2. The topological polar surface area (TPSA) is 95.8 Å². The molecule has 0 aromatic carbocycles. The van der Waals surface area contributed by atoms with Crippen LogP contribution in [0.4, 0.5) is 0 Å². The van der Waals surface area contributed by atoms with E-state index < -0.39 is 11.5 Å². The molecule has 2 heterocycles. The zero-order valence-corrected chi connectivity index (χ0v) is 11.6. The molecule has 0 aliphatic heterocycles. The lowest BCUT2D eigenvalue weighted by Gasteiger charge is -2.12. The third-order valence-electron chi connectivity index (χ3n) is 2.94. The molecular formula is C15H13N3O3. The summed E-state index contributed by atoms with van der Waals surface area (Å²) >= 11 is 0. The Kier molecular flexibility index (Phi) is 4.14. The standard InChI is InChI=1S/C15H13N3O3/c1-3-21-15(20)12-9(2)18-14(19)11(7-16)13(12)10-5-4-6-17-8-10/h4-6,8H,3H2,1-2H3,(H,18,19). The summed E-state index contributed by atoms with van der Waals surface area (Å²) in [4.78, 5) is 30.6. The van der Waals surface area contributed by atoms with E-state index in [9.17, 15) is 14.9 Å². The van der Waals surface area contributed by atoms with Crippen LogP contribution in [-0.4, -0.2) is 22.5 Å². The first-order chi connectivity index (χ1) is 10.1. The van der Waals surface area contributed by atoms with Crippen molar-refractivity contribution in [1.29, 1.82) is 5.26 Å². The number of aromatic nitrogens is 2. The molecule has 0 bridgehead atoms. The van der Waals surface area contributed by atoms with Crippen LogP contribution in [0.5, 0.6) is 0 Å². The molecule has 2 rings (SSSR count). The van der Waals surface area contributed by atoms with Crippen molar-refractivity contribution in [3.05, 3.63) is 51.7 Å². The van der Waals surface area contributed by atoms with Gasteiger partial charge >= 0.3 is 5.97 Å². The van der Waals surface area contributed by atoms with Gasteiger partial charge in [0.15, 0.2) is 0 Å². The fraction of sp³-hybridized carbons (Fsp3) is 0.200. The summed E-state index contributed by atoms with van der Waals surface area (Å²) in [7, 11) is 0. The van der Waals surface area contributed by atoms with Gasteiger partial charge in [0.25, 0.3) is 5.56 Å². The molecule has 2 aromatic heterocycles. The Balaban J connectivity index is 2.85. The Morgan fingerprint density at radius 2 is 2.29 bits per heavy atom. The molecule has 0 saturated carbocycles. The van der Waals surface area contributed by atoms with Gasteiger partial charge < -0.3 is 9.72 Å². The van der Waals surface area contributed by atoms with Crippen LogP contribution >= 0.6 is 0 Å². The summed E-state index contributed by atoms with van der Waals surface area (Å²) in [6.45, 7) is 3.48. The highest BCUT2D eigenvalue weighted by atomic mass is 16.5. The summed E-state index contributed by atoms with van der Waals surface area (Å²) in [6.07, 6.45) is 3.07. The molecule has 0 aliphatic rings. The average Bonchev–Trinajstić information content (AvgIpc) is 2.47. The van der Waals surface area contributed by atoms with E-state index >= 15 is 0 Å². The van der Waals surface area contributed by atoms with Crippen LogP contribution in [0.15, 0.2) is 29.3 Å². The molecule has 2 aromatic rings. The van der Waals surface area contributed by atoms with Crippen LogP contribution in [0, 0.1) is 18.3 Å². The fourth-order valence-corrected chi connectivity index (χ4v) is 2.09. The number of pyridine rings is 2. The lowest BCUT2D eigenvalue weighted by Crippen LogP contribution is -2.20. The van der Waals surface area contributed by atoms with Gasteiger partial charge in [0.05, 0.1) is 12.2 Å². The molecule has 0 atom stereocenters. The number of H-pyrrole nitrogens is 1. The SMILES string of the molecule is CCOC(=O)c1c(C)[nH]c(=O)c(C#N)c1-c1cccnc1. The zero-order chi connectivity index (χ0) is 15.4. The van der Waals surface area contributed by atoms with Crippen LogP contribution in [-0.2, 0) is 4.74 Å². The second-order valence-corrected chi connectivity index (χ2v) is 4.28. The molecule has 6 nitrogen and oxygen atoms in total. The Labute approximate surface area is 121 Å². The first-order valence-corrected chi connectivity index (χ1v) is 6.34. The molecular weight excluding hydrogens is 270 g/mol. The van der Waals surface area contributed by atoms with Crippen LogP contribution in [0.1, 0.15) is 28.5 Å². The van der Waals surface area contributed by atoms with Crippen molar-refractivity contribution >= 4 is 5.97 Å². The van der Waals surface area contributed by atoms with E-state index in [-0.39, 0.29) is 23.3 Å². The van der Waals surface area contributed by atoms with E-state index in [0.717, 1.165) is 0 Å². The summed E-state index contributed by atoms with van der Waals surface area (Å²) in [5.41, 5.74) is 0.646. The highest BCUT2D eigenvalue weighted by Crippen LogP contribution is 2.27. The van der Waals surface area contributed by atoms with Crippen molar-refractivity contribution < 1.29 is 9.53 Å². The highest BCUT2D eigenvalue weighted by molar-refractivity contribution is 5.99. The number of aryl methyl sites for hydroxylation is 1. The van der Waals surface area contributed by atoms with Gasteiger partial charge in [-0.3, -0.25) is 9.78 Å². The Hall–Kier alpha value is -2.94. The van der Waals surface area contributed by atoms with Gasteiger partial charge in [-0.1, -0.05) is 6.07 Å². The molecule has 106 valence electrons. The second kappa shape index (κ2) is 6.01. The van der Waals surface area contributed by atoms with Crippen LogP contribution in [0.2, 0.25) is 0 Å². The molecule has 0 fully saturated rings. The first kappa shape index (κ1) is 14.5. The van der Waals surface area contributed by atoms with Gasteiger partial charge in [0.1, 0.15) is 11.6 Å². The maximum Gasteiger partial charge on any atom is 0.340 e. The van der Waals surface area contributed by atoms with Crippen molar-refractivity contribution in [1.82, 2.24) is 9.97 Å². The second-order valence-electron chi connectivity index (χ2n) is 4.28. The largest absolute Gasteiger partial charge is 0.462 e. The monoisotopic (exact) mass is 283 g/mol. The molecule has 6 heteroatoms. The number of nitriles is 1. The van der Waals surface area contributed by atoms with E-state index in [0.29, 0.717) is 11.3 Å². The molecule has 0 saturated heterocycles. The number of rotatable bonds is 3. The number of carbonyl (C=O) groups excluding carboxylic acids is 1. The first-order valence-electron chi connectivity index (χ1n) is 6.34. The number of hydrogen-bond donors (Lipinski definition) is 1. The number of esters is 1. The summed E-state index contributed by atoms with van der Waals surface area (Å²) in [6, 6.07) is 5.20. The van der Waals surface area contributed by atoms with Gasteiger partial charge in [0.2, 0.25) is 0 Å². The van der Waals surface area contributed by atoms with E-state index in [1.54, 1.807) is 32.2 Å². The molecule has 0 unspecified atom stereocenters. The van der Waals surface area contributed by atoms with Gasteiger partial charge in [-0.15, -0.1) is 0 Å². The molecule has 0 spiro atoms. The van der Waals surface area contributed by atoms with Crippen LogP contribution < -0.4 is 5.56 Å². The maximum atomic E-state index is 12.2. The van der Waals surface area contributed by atoms with Crippen LogP contribution in [0.3, 0.4) is 0 Å². The fourth-order valence-electron chi connectivity index (χ4n) is 2.09. The number of ether oxygens (including phenoxy) is 1. The Bertz CT molecular complexity index is 773. The number of carbonyl (C=O) groups is 1. The molecule has 1 N–H and O–H groups in total. The third-order valence-corrected chi connectivity index (χ3v) is 2.94. The normalized spacial score (nSPS) is 9.95. The number of hydrogen-bond acceptors (Lipinski definition) is 5. The minimum absolute atomic E-state index is 0.128. The summed E-state index contributed by atoms with van der Waals surface area (Å²) in [5, 5.41) is 9.25.